The lowest BCUT2D eigenvalue weighted by molar-refractivity contribution is -0.0512. The Morgan fingerprint density at radius 3 is 2.29 bits per heavy atom. The van der Waals surface area contributed by atoms with Gasteiger partial charge in [-0.3, -0.25) is 4.79 Å². The summed E-state index contributed by atoms with van der Waals surface area (Å²) in [5.74, 6) is -0.445. The number of hydrogen-bond acceptors (Lipinski definition) is 4. The van der Waals surface area contributed by atoms with Gasteiger partial charge in [0.2, 0.25) is 0 Å². The highest BCUT2D eigenvalue weighted by molar-refractivity contribution is 6.04. The second kappa shape index (κ2) is 7.63. The van der Waals surface area contributed by atoms with E-state index in [1.807, 2.05) is 31.1 Å². The highest BCUT2D eigenvalue weighted by atomic mass is 19.3. The summed E-state index contributed by atoms with van der Waals surface area (Å²) in [6, 6.07) is 11.3. The van der Waals surface area contributed by atoms with Gasteiger partial charge in [0.15, 0.2) is 11.5 Å². The number of carbonyl (C=O) groups excluding carboxylic acids is 1. The summed E-state index contributed by atoms with van der Waals surface area (Å²) < 4.78 is 33.9. The maximum atomic E-state index is 12.3. The molecule has 0 aliphatic carbocycles. The second-order valence-electron chi connectivity index (χ2n) is 5.14. The molecule has 0 aliphatic rings. The zero-order valence-electron chi connectivity index (χ0n) is 13.5. The minimum absolute atomic E-state index is 0.0610. The average Bonchev–Trinajstić information content (AvgIpc) is 2.55. The summed E-state index contributed by atoms with van der Waals surface area (Å²) >= 11 is 0. The normalized spacial score (nSPS) is 10.4. The van der Waals surface area contributed by atoms with Crippen LogP contribution >= 0.6 is 0 Å². The van der Waals surface area contributed by atoms with Crippen molar-refractivity contribution >= 4 is 17.3 Å². The van der Waals surface area contributed by atoms with E-state index in [0.29, 0.717) is 5.69 Å². The van der Waals surface area contributed by atoms with Gasteiger partial charge in [0, 0.05) is 31.0 Å². The van der Waals surface area contributed by atoms with Crippen molar-refractivity contribution in [1.82, 2.24) is 0 Å². The number of hydrogen-bond donors (Lipinski definition) is 1. The first kappa shape index (κ1) is 17.5. The predicted octanol–water partition coefficient (Wildman–Crippen LogP) is 3.61. The molecule has 0 unspecified atom stereocenters. The molecule has 0 atom stereocenters. The topological polar surface area (TPSA) is 50.8 Å². The van der Waals surface area contributed by atoms with E-state index < -0.39 is 6.61 Å². The molecule has 7 heteroatoms. The Morgan fingerprint density at radius 1 is 1.08 bits per heavy atom. The van der Waals surface area contributed by atoms with Crippen LogP contribution in [-0.4, -0.2) is 33.7 Å². The summed E-state index contributed by atoms with van der Waals surface area (Å²) in [5.41, 5.74) is 1.89. The van der Waals surface area contributed by atoms with Gasteiger partial charge in [0.1, 0.15) is 0 Å². The van der Waals surface area contributed by atoms with Gasteiger partial charge in [0.25, 0.3) is 5.91 Å². The van der Waals surface area contributed by atoms with Crippen LogP contribution in [0.1, 0.15) is 10.4 Å². The number of ether oxygens (including phenoxy) is 2. The quantitative estimate of drug-likeness (QED) is 0.875. The van der Waals surface area contributed by atoms with Crippen LogP contribution in [0.25, 0.3) is 0 Å². The lowest BCUT2D eigenvalue weighted by Crippen LogP contribution is -2.13. The Balaban J connectivity index is 2.14. The van der Waals surface area contributed by atoms with Gasteiger partial charge in [-0.15, -0.1) is 0 Å². The van der Waals surface area contributed by atoms with Crippen LogP contribution in [0.15, 0.2) is 42.5 Å². The van der Waals surface area contributed by atoms with E-state index >= 15 is 0 Å². The zero-order chi connectivity index (χ0) is 17.7. The summed E-state index contributed by atoms with van der Waals surface area (Å²) in [5, 5.41) is 2.73. The minimum Gasteiger partial charge on any atom is -0.493 e. The molecule has 2 rings (SSSR count). The third-order valence-electron chi connectivity index (χ3n) is 3.28. The fraction of sp³-hybridized carbons (Fsp3) is 0.235. The van der Waals surface area contributed by atoms with Crippen molar-refractivity contribution in [2.75, 3.05) is 31.4 Å². The van der Waals surface area contributed by atoms with Crippen molar-refractivity contribution in [1.29, 1.82) is 0 Å². The van der Waals surface area contributed by atoms with Crippen LogP contribution in [0.4, 0.5) is 20.2 Å². The lowest BCUT2D eigenvalue weighted by Gasteiger charge is -2.14. The Bertz CT molecular complexity index is 703. The highest BCUT2D eigenvalue weighted by Crippen LogP contribution is 2.29. The average molecular weight is 336 g/mol. The van der Waals surface area contributed by atoms with Crippen LogP contribution < -0.4 is 19.7 Å². The first-order chi connectivity index (χ1) is 11.4. The molecular weight excluding hydrogens is 318 g/mol. The largest absolute Gasteiger partial charge is 0.493 e. The van der Waals surface area contributed by atoms with E-state index in [2.05, 4.69) is 10.1 Å². The van der Waals surface area contributed by atoms with Gasteiger partial charge in [-0.1, -0.05) is 0 Å². The number of halogens is 2. The minimum atomic E-state index is -2.96. The molecule has 1 N–H and O–H groups in total. The number of alkyl halides is 2. The first-order valence-electron chi connectivity index (χ1n) is 7.12. The number of anilines is 2. The van der Waals surface area contributed by atoms with E-state index in [1.54, 1.807) is 12.1 Å². The maximum absolute atomic E-state index is 12.3. The number of nitrogens with one attached hydrogen (secondary N) is 1. The van der Waals surface area contributed by atoms with Gasteiger partial charge in [0.05, 0.1) is 7.11 Å². The Labute approximate surface area is 138 Å². The summed E-state index contributed by atoms with van der Waals surface area (Å²) in [6.07, 6.45) is 0. The van der Waals surface area contributed by atoms with Gasteiger partial charge in [-0.2, -0.15) is 8.78 Å². The van der Waals surface area contributed by atoms with Crippen molar-refractivity contribution in [3.8, 4) is 11.5 Å². The fourth-order valence-electron chi connectivity index (χ4n) is 2.05. The predicted molar refractivity (Wildman–Crippen MR) is 88.3 cm³/mol. The smallest absolute Gasteiger partial charge is 0.387 e. The van der Waals surface area contributed by atoms with Crippen LogP contribution in [-0.2, 0) is 0 Å². The molecule has 1 amide bonds. The molecule has 5 nitrogen and oxygen atoms in total. The number of amides is 1. The number of benzene rings is 2. The molecule has 0 saturated heterocycles. The SMILES string of the molecule is COc1cc(C(=O)Nc2ccc(N(C)C)cc2)ccc1OC(F)F. The van der Waals surface area contributed by atoms with E-state index in [9.17, 15) is 13.6 Å². The molecule has 2 aromatic carbocycles. The third-order valence-corrected chi connectivity index (χ3v) is 3.28. The lowest BCUT2D eigenvalue weighted by atomic mass is 10.1. The molecule has 2 aromatic rings. The van der Waals surface area contributed by atoms with E-state index in [4.69, 9.17) is 4.74 Å². The van der Waals surface area contributed by atoms with Gasteiger partial charge in [-0.05, 0) is 42.5 Å². The first-order valence-corrected chi connectivity index (χ1v) is 7.12. The zero-order valence-corrected chi connectivity index (χ0v) is 13.5. The standard InChI is InChI=1S/C17H18F2N2O3/c1-21(2)13-7-5-12(6-8-13)20-16(22)11-4-9-14(24-17(18)19)15(10-11)23-3/h4-10,17H,1-3H3,(H,20,22). The molecule has 128 valence electrons. The molecule has 0 bridgehead atoms. The number of methoxy groups -OCH3 is 1. The molecule has 0 heterocycles. The van der Waals surface area contributed by atoms with Crippen LogP contribution in [0.5, 0.6) is 11.5 Å². The molecule has 0 fully saturated rings. The van der Waals surface area contributed by atoms with Gasteiger partial charge < -0.3 is 19.7 Å². The monoisotopic (exact) mass is 336 g/mol. The molecule has 24 heavy (non-hydrogen) atoms. The highest BCUT2D eigenvalue weighted by Gasteiger charge is 2.14. The fourth-order valence-corrected chi connectivity index (χ4v) is 2.05. The van der Waals surface area contributed by atoms with Crippen molar-refractivity contribution in [2.24, 2.45) is 0 Å². The van der Waals surface area contributed by atoms with E-state index in [-0.39, 0.29) is 23.0 Å². The summed E-state index contributed by atoms with van der Waals surface area (Å²) in [6.45, 7) is -2.96. The Kier molecular flexibility index (Phi) is 5.57. The van der Waals surface area contributed by atoms with Gasteiger partial charge >= 0.3 is 6.61 Å². The maximum Gasteiger partial charge on any atom is 0.387 e. The molecule has 0 spiro atoms. The van der Waals surface area contributed by atoms with Crippen molar-refractivity contribution in [3.63, 3.8) is 0 Å². The summed E-state index contributed by atoms with van der Waals surface area (Å²) in [7, 11) is 5.15. The molecule has 0 radical (unpaired) electrons. The molecular formula is C17H18F2N2O3. The Hall–Kier alpha value is -2.83. The molecule has 0 aromatic heterocycles. The molecule has 0 aliphatic heterocycles. The van der Waals surface area contributed by atoms with Crippen molar-refractivity contribution in [2.45, 2.75) is 6.61 Å². The third kappa shape index (κ3) is 4.34. The van der Waals surface area contributed by atoms with Crippen molar-refractivity contribution in [3.05, 3.63) is 48.0 Å². The van der Waals surface area contributed by atoms with E-state index in [1.165, 1.54) is 25.3 Å². The van der Waals surface area contributed by atoms with E-state index in [0.717, 1.165) is 5.69 Å². The van der Waals surface area contributed by atoms with Crippen LogP contribution in [0.2, 0.25) is 0 Å². The van der Waals surface area contributed by atoms with Crippen molar-refractivity contribution < 1.29 is 23.0 Å². The molecule has 0 saturated carbocycles. The van der Waals surface area contributed by atoms with Crippen LogP contribution in [0, 0.1) is 0 Å². The number of nitrogens with zero attached hydrogens (tertiary/aromatic N) is 1. The van der Waals surface area contributed by atoms with Gasteiger partial charge in [-0.25, -0.2) is 0 Å². The number of carbonyl (C=O) groups is 1. The summed E-state index contributed by atoms with van der Waals surface area (Å²) in [4.78, 5) is 14.2. The Morgan fingerprint density at radius 2 is 1.75 bits per heavy atom. The van der Waals surface area contributed by atoms with Crippen LogP contribution in [0.3, 0.4) is 0 Å². The second-order valence-corrected chi connectivity index (χ2v) is 5.14. The number of rotatable bonds is 6.